The molecule has 32 heavy (non-hydrogen) atoms. The highest BCUT2D eigenvalue weighted by Crippen LogP contribution is 2.33. The van der Waals surface area contributed by atoms with Crippen LogP contribution >= 0.6 is 0 Å². The summed E-state index contributed by atoms with van der Waals surface area (Å²) in [4.78, 5) is 41.4. The van der Waals surface area contributed by atoms with E-state index in [-0.39, 0.29) is 24.9 Å². The molecule has 1 aliphatic heterocycles. The quantitative estimate of drug-likeness (QED) is 0.557. The fourth-order valence-electron chi connectivity index (χ4n) is 4.18. The fourth-order valence-corrected chi connectivity index (χ4v) is 4.18. The number of amides is 2. The smallest absolute Gasteiger partial charge is 0.290 e. The lowest BCUT2D eigenvalue weighted by molar-refractivity contribution is -0.148. The average molecular weight is 427 g/mol. The zero-order valence-electron chi connectivity index (χ0n) is 18.1. The van der Waals surface area contributed by atoms with Crippen LogP contribution in [0.1, 0.15) is 18.9 Å². The molecule has 1 aliphatic rings. The lowest BCUT2D eigenvalue weighted by Gasteiger charge is -2.41. The van der Waals surface area contributed by atoms with E-state index in [4.69, 9.17) is 0 Å². The molecule has 0 aliphatic carbocycles. The third-order valence-electron chi connectivity index (χ3n) is 5.86. The molecule has 0 saturated carbocycles. The average Bonchev–Trinajstić information content (AvgIpc) is 2.85. The first-order chi connectivity index (χ1) is 15.6. The van der Waals surface area contributed by atoms with Gasteiger partial charge in [-0.3, -0.25) is 14.4 Å². The molecule has 4 rings (SSSR count). The predicted octanol–water partition coefficient (Wildman–Crippen LogP) is 4.12. The van der Waals surface area contributed by atoms with Crippen molar-refractivity contribution in [3.05, 3.63) is 90.5 Å². The van der Waals surface area contributed by atoms with E-state index in [0.717, 1.165) is 22.4 Å². The second kappa shape index (κ2) is 9.60. The summed E-state index contributed by atoms with van der Waals surface area (Å²) in [6.07, 6.45) is 0.697. The molecule has 1 atom stereocenters. The van der Waals surface area contributed by atoms with E-state index in [9.17, 15) is 14.4 Å². The zero-order valence-corrected chi connectivity index (χ0v) is 18.1. The molecule has 0 aromatic heterocycles. The molecule has 3 aromatic rings. The monoisotopic (exact) mass is 426 g/mol. The van der Waals surface area contributed by atoms with Gasteiger partial charge in [0.25, 0.3) is 5.91 Å². The Hall–Kier alpha value is -3.73. The standard InChI is InChI=1S/C27H26N2O3/c1-2-25(30)27(32)28-19-26(31)29(18-22(28)17-20-11-5-3-6-12-20)24-16-10-9-15-23(24)21-13-7-4-8-14-21/h3-16,22H,2,17-19H2,1H3/t22-/m0/s1. The minimum absolute atomic E-state index is 0.106. The number of hydrogen-bond donors (Lipinski definition) is 0. The van der Waals surface area contributed by atoms with Crippen molar-refractivity contribution in [3.63, 3.8) is 0 Å². The number of para-hydroxylation sites is 1. The molecule has 1 saturated heterocycles. The van der Waals surface area contributed by atoms with Crippen molar-refractivity contribution in [2.75, 3.05) is 18.0 Å². The summed E-state index contributed by atoms with van der Waals surface area (Å²) in [6.45, 7) is 1.89. The Balaban J connectivity index is 1.69. The molecule has 5 heteroatoms. The van der Waals surface area contributed by atoms with Gasteiger partial charge in [-0.15, -0.1) is 0 Å². The summed E-state index contributed by atoms with van der Waals surface area (Å²) >= 11 is 0. The number of anilines is 1. The van der Waals surface area contributed by atoms with Gasteiger partial charge in [0, 0.05) is 18.5 Å². The minimum atomic E-state index is -0.572. The van der Waals surface area contributed by atoms with Crippen LogP contribution in [0.4, 0.5) is 5.69 Å². The van der Waals surface area contributed by atoms with Gasteiger partial charge in [-0.05, 0) is 23.6 Å². The van der Waals surface area contributed by atoms with E-state index in [1.54, 1.807) is 11.8 Å². The maximum Gasteiger partial charge on any atom is 0.290 e. The Morgan fingerprint density at radius 1 is 0.875 bits per heavy atom. The summed E-state index contributed by atoms with van der Waals surface area (Å²) in [6, 6.07) is 27.3. The Bertz CT molecular complexity index is 1110. The molecular weight excluding hydrogens is 400 g/mol. The van der Waals surface area contributed by atoms with Crippen LogP contribution in [0.2, 0.25) is 0 Å². The summed E-state index contributed by atoms with van der Waals surface area (Å²) in [7, 11) is 0. The number of nitrogens with zero attached hydrogens (tertiary/aromatic N) is 2. The van der Waals surface area contributed by atoms with Crippen molar-refractivity contribution in [1.82, 2.24) is 4.90 Å². The van der Waals surface area contributed by atoms with Gasteiger partial charge >= 0.3 is 0 Å². The molecule has 0 bridgehead atoms. The number of carbonyl (C=O) groups excluding carboxylic acids is 3. The minimum Gasteiger partial charge on any atom is -0.322 e. The molecule has 162 valence electrons. The lowest BCUT2D eigenvalue weighted by Crippen LogP contribution is -2.60. The molecule has 1 heterocycles. The molecule has 0 radical (unpaired) electrons. The summed E-state index contributed by atoms with van der Waals surface area (Å²) in [5.74, 6) is -1.22. The van der Waals surface area contributed by atoms with Crippen LogP contribution in [0.3, 0.4) is 0 Å². The normalized spacial score (nSPS) is 16.2. The largest absolute Gasteiger partial charge is 0.322 e. The first kappa shape index (κ1) is 21.5. The molecule has 1 fully saturated rings. The number of ketones is 1. The fraction of sp³-hybridized carbons (Fsp3) is 0.222. The molecule has 5 nitrogen and oxygen atoms in total. The summed E-state index contributed by atoms with van der Waals surface area (Å²) in [5, 5.41) is 0. The van der Waals surface area contributed by atoms with Crippen LogP contribution in [-0.4, -0.2) is 41.6 Å². The van der Waals surface area contributed by atoms with Crippen molar-refractivity contribution >= 4 is 23.3 Å². The van der Waals surface area contributed by atoms with Gasteiger partial charge in [0.05, 0.1) is 11.7 Å². The highest BCUT2D eigenvalue weighted by molar-refractivity contribution is 6.36. The third-order valence-corrected chi connectivity index (χ3v) is 5.86. The Labute approximate surface area is 188 Å². The first-order valence-electron chi connectivity index (χ1n) is 10.9. The van der Waals surface area contributed by atoms with Crippen molar-refractivity contribution in [3.8, 4) is 11.1 Å². The van der Waals surface area contributed by atoms with Gasteiger partial charge in [0.15, 0.2) is 0 Å². The predicted molar refractivity (Wildman–Crippen MR) is 125 cm³/mol. The highest BCUT2D eigenvalue weighted by Gasteiger charge is 2.38. The van der Waals surface area contributed by atoms with Gasteiger partial charge in [0.1, 0.15) is 6.54 Å². The first-order valence-corrected chi connectivity index (χ1v) is 10.9. The Morgan fingerprint density at radius 3 is 2.19 bits per heavy atom. The van der Waals surface area contributed by atoms with Gasteiger partial charge < -0.3 is 9.80 Å². The molecule has 0 spiro atoms. The van der Waals surface area contributed by atoms with E-state index < -0.39 is 11.7 Å². The van der Waals surface area contributed by atoms with Crippen LogP contribution in [0.5, 0.6) is 0 Å². The number of carbonyl (C=O) groups is 3. The van der Waals surface area contributed by atoms with Crippen molar-refractivity contribution in [1.29, 1.82) is 0 Å². The van der Waals surface area contributed by atoms with Crippen LogP contribution < -0.4 is 4.90 Å². The van der Waals surface area contributed by atoms with E-state index in [1.165, 1.54) is 4.90 Å². The van der Waals surface area contributed by atoms with Gasteiger partial charge in [-0.25, -0.2) is 0 Å². The third kappa shape index (κ3) is 4.47. The van der Waals surface area contributed by atoms with E-state index in [1.807, 2.05) is 84.9 Å². The lowest BCUT2D eigenvalue weighted by atomic mass is 9.98. The Kier molecular flexibility index (Phi) is 6.45. The van der Waals surface area contributed by atoms with Gasteiger partial charge in [-0.2, -0.15) is 0 Å². The molecule has 3 aromatic carbocycles. The maximum absolute atomic E-state index is 13.2. The van der Waals surface area contributed by atoms with Crippen LogP contribution in [0.25, 0.3) is 11.1 Å². The van der Waals surface area contributed by atoms with Crippen molar-refractivity contribution < 1.29 is 14.4 Å². The van der Waals surface area contributed by atoms with Crippen LogP contribution in [0.15, 0.2) is 84.9 Å². The van der Waals surface area contributed by atoms with E-state index in [0.29, 0.717) is 13.0 Å². The van der Waals surface area contributed by atoms with E-state index >= 15 is 0 Å². The second-order valence-electron chi connectivity index (χ2n) is 7.94. The summed E-state index contributed by atoms with van der Waals surface area (Å²) < 4.78 is 0. The molecule has 0 unspecified atom stereocenters. The number of Topliss-reactive ketones (excluding diaryl/α,β-unsaturated/α-hetero) is 1. The molecule has 2 amide bonds. The second-order valence-corrected chi connectivity index (χ2v) is 7.94. The number of piperazine rings is 1. The molecular formula is C27H26N2O3. The number of hydrogen-bond acceptors (Lipinski definition) is 3. The van der Waals surface area contributed by atoms with Crippen molar-refractivity contribution in [2.24, 2.45) is 0 Å². The van der Waals surface area contributed by atoms with Gasteiger partial charge in [0.2, 0.25) is 11.7 Å². The topological polar surface area (TPSA) is 57.7 Å². The van der Waals surface area contributed by atoms with Gasteiger partial charge in [-0.1, -0.05) is 85.8 Å². The molecule has 0 N–H and O–H groups in total. The maximum atomic E-state index is 13.2. The SMILES string of the molecule is CCC(=O)C(=O)N1CC(=O)N(c2ccccc2-c2ccccc2)C[C@@H]1Cc1ccccc1. The van der Waals surface area contributed by atoms with E-state index in [2.05, 4.69) is 0 Å². The Morgan fingerprint density at radius 2 is 1.50 bits per heavy atom. The number of rotatable bonds is 6. The van der Waals surface area contributed by atoms with Crippen molar-refractivity contribution in [2.45, 2.75) is 25.8 Å². The highest BCUT2D eigenvalue weighted by atomic mass is 16.2. The van der Waals surface area contributed by atoms with Crippen LogP contribution in [-0.2, 0) is 20.8 Å². The number of benzene rings is 3. The summed E-state index contributed by atoms with van der Waals surface area (Å²) in [5.41, 5.74) is 3.86. The van der Waals surface area contributed by atoms with Crippen LogP contribution in [0, 0.1) is 0 Å². The zero-order chi connectivity index (χ0) is 22.5.